The molecule has 1 aliphatic carbocycles. The van der Waals surface area contributed by atoms with Crippen LogP contribution in [-0.4, -0.2) is 18.8 Å². The lowest BCUT2D eigenvalue weighted by Crippen LogP contribution is -2.46. The van der Waals surface area contributed by atoms with Gasteiger partial charge in [-0.05, 0) is 25.7 Å². The summed E-state index contributed by atoms with van der Waals surface area (Å²) in [6.45, 7) is 4.56. The average Bonchev–Trinajstić information content (AvgIpc) is 2.44. The zero-order valence-corrected chi connectivity index (χ0v) is 8.73. The summed E-state index contributed by atoms with van der Waals surface area (Å²) in [6.07, 6.45) is 8.68. The van der Waals surface area contributed by atoms with Crippen molar-refractivity contribution >= 4 is 0 Å². The maximum Gasteiger partial charge on any atom is 0.0459 e. The highest BCUT2D eigenvalue weighted by Gasteiger charge is 2.36. The lowest BCUT2D eigenvalue weighted by atomic mass is 9.81. The second kappa shape index (κ2) is 3.97. The molecule has 2 nitrogen and oxygen atoms in total. The smallest absolute Gasteiger partial charge is 0.0459 e. The highest BCUT2D eigenvalue weighted by Crippen LogP contribution is 2.32. The minimum Gasteiger partial charge on any atom is -0.303 e. The molecule has 1 aliphatic heterocycles. The molecule has 0 radical (unpaired) electrons. The largest absolute Gasteiger partial charge is 0.303 e. The topological polar surface area (TPSA) is 24.1 Å². The first kappa shape index (κ1) is 9.47. The Bertz CT molecular complexity index is 153. The number of hydrogen-bond donors (Lipinski definition) is 2. The quantitative estimate of drug-likeness (QED) is 0.605. The van der Waals surface area contributed by atoms with Crippen molar-refractivity contribution in [1.82, 2.24) is 10.6 Å². The van der Waals surface area contributed by atoms with Crippen LogP contribution in [0.25, 0.3) is 0 Å². The van der Waals surface area contributed by atoms with Crippen molar-refractivity contribution in [2.75, 3.05) is 13.2 Å². The summed E-state index contributed by atoms with van der Waals surface area (Å²) in [4.78, 5) is 0. The summed E-state index contributed by atoms with van der Waals surface area (Å²) in [5.41, 5.74) is 0.393. The highest BCUT2D eigenvalue weighted by molar-refractivity contribution is 4.96. The average molecular weight is 182 g/mol. The molecule has 0 aromatic rings. The van der Waals surface area contributed by atoms with Crippen molar-refractivity contribution in [2.24, 2.45) is 5.92 Å². The Hall–Kier alpha value is -0.0800. The van der Waals surface area contributed by atoms with E-state index in [0.717, 1.165) is 19.1 Å². The Labute approximate surface area is 81.5 Å². The van der Waals surface area contributed by atoms with Gasteiger partial charge >= 0.3 is 0 Å². The van der Waals surface area contributed by atoms with E-state index >= 15 is 0 Å². The molecule has 0 bridgehead atoms. The van der Waals surface area contributed by atoms with Crippen molar-refractivity contribution < 1.29 is 0 Å². The van der Waals surface area contributed by atoms with E-state index in [-0.39, 0.29) is 0 Å². The number of nitrogens with one attached hydrogen (secondary N) is 2. The molecule has 1 unspecified atom stereocenters. The van der Waals surface area contributed by atoms with E-state index in [9.17, 15) is 0 Å². The Kier molecular flexibility index (Phi) is 2.89. The van der Waals surface area contributed by atoms with Crippen LogP contribution in [0.15, 0.2) is 0 Å². The van der Waals surface area contributed by atoms with E-state index in [1.807, 2.05) is 0 Å². The van der Waals surface area contributed by atoms with Crippen LogP contribution in [0, 0.1) is 5.92 Å². The van der Waals surface area contributed by atoms with Gasteiger partial charge in [-0.2, -0.15) is 0 Å². The van der Waals surface area contributed by atoms with Gasteiger partial charge in [0, 0.05) is 18.8 Å². The minimum absolute atomic E-state index is 0.393. The van der Waals surface area contributed by atoms with Crippen LogP contribution in [0.1, 0.15) is 45.4 Å². The standard InChI is InChI=1S/C11H22N2/c1-11(8-12-9-13-11)10-6-4-2-3-5-7-10/h10,12-13H,2-9H2,1H3. The highest BCUT2D eigenvalue weighted by atomic mass is 15.2. The molecular formula is C11H22N2. The van der Waals surface area contributed by atoms with Crippen LogP contribution in [0.3, 0.4) is 0 Å². The van der Waals surface area contributed by atoms with Crippen LogP contribution in [0.5, 0.6) is 0 Å². The summed E-state index contributed by atoms with van der Waals surface area (Å²) in [5, 5.41) is 7.04. The van der Waals surface area contributed by atoms with Gasteiger partial charge in [0.25, 0.3) is 0 Å². The number of hydrogen-bond acceptors (Lipinski definition) is 2. The molecule has 2 heteroatoms. The molecule has 0 aromatic carbocycles. The Morgan fingerprint density at radius 1 is 1.08 bits per heavy atom. The van der Waals surface area contributed by atoms with Crippen LogP contribution >= 0.6 is 0 Å². The third-order valence-electron chi connectivity index (χ3n) is 3.87. The van der Waals surface area contributed by atoms with Gasteiger partial charge in [-0.1, -0.05) is 25.7 Å². The van der Waals surface area contributed by atoms with E-state index in [2.05, 4.69) is 17.6 Å². The predicted molar refractivity (Wildman–Crippen MR) is 55.6 cm³/mol. The molecular weight excluding hydrogens is 160 g/mol. The Morgan fingerprint density at radius 2 is 1.77 bits per heavy atom. The molecule has 76 valence electrons. The Balaban J connectivity index is 1.96. The monoisotopic (exact) mass is 182 g/mol. The van der Waals surface area contributed by atoms with Gasteiger partial charge in [-0.25, -0.2) is 0 Å². The lowest BCUT2D eigenvalue weighted by molar-refractivity contribution is 0.250. The molecule has 0 aromatic heterocycles. The third-order valence-corrected chi connectivity index (χ3v) is 3.87. The zero-order valence-electron chi connectivity index (χ0n) is 8.73. The Morgan fingerprint density at radius 3 is 2.31 bits per heavy atom. The maximum absolute atomic E-state index is 3.62. The first-order valence-electron chi connectivity index (χ1n) is 5.77. The minimum atomic E-state index is 0.393. The predicted octanol–water partition coefficient (Wildman–Crippen LogP) is 1.87. The zero-order chi connectivity index (χ0) is 9.15. The lowest BCUT2D eigenvalue weighted by Gasteiger charge is -2.33. The van der Waals surface area contributed by atoms with E-state index in [4.69, 9.17) is 0 Å². The van der Waals surface area contributed by atoms with Gasteiger partial charge in [0.15, 0.2) is 0 Å². The second-order valence-electron chi connectivity index (χ2n) is 4.89. The molecule has 1 saturated carbocycles. The van der Waals surface area contributed by atoms with Crippen molar-refractivity contribution in [3.63, 3.8) is 0 Å². The molecule has 0 spiro atoms. The van der Waals surface area contributed by atoms with E-state index in [1.165, 1.54) is 38.5 Å². The summed E-state index contributed by atoms with van der Waals surface area (Å²) in [6, 6.07) is 0. The van der Waals surface area contributed by atoms with Gasteiger partial charge in [-0.15, -0.1) is 0 Å². The van der Waals surface area contributed by atoms with Crippen molar-refractivity contribution in [2.45, 2.75) is 51.0 Å². The fourth-order valence-electron chi connectivity index (χ4n) is 2.85. The van der Waals surface area contributed by atoms with E-state index in [1.54, 1.807) is 0 Å². The normalized spacial score (nSPS) is 37.6. The molecule has 2 fully saturated rings. The van der Waals surface area contributed by atoms with E-state index < -0.39 is 0 Å². The van der Waals surface area contributed by atoms with Crippen molar-refractivity contribution in [1.29, 1.82) is 0 Å². The van der Waals surface area contributed by atoms with Gasteiger partial charge in [0.2, 0.25) is 0 Å². The van der Waals surface area contributed by atoms with Gasteiger partial charge < -0.3 is 5.32 Å². The fraction of sp³-hybridized carbons (Fsp3) is 1.00. The molecule has 2 rings (SSSR count). The van der Waals surface area contributed by atoms with Crippen LogP contribution < -0.4 is 10.6 Å². The fourth-order valence-corrected chi connectivity index (χ4v) is 2.85. The SMILES string of the molecule is CC1(C2CCCCCC2)CNCN1. The molecule has 13 heavy (non-hydrogen) atoms. The summed E-state index contributed by atoms with van der Waals surface area (Å²) >= 11 is 0. The first-order valence-corrected chi connectivity index (χ1v) is 5.77. The maximum atomic E-state index is 3.62. The van der Waals surface area contributed by atoms with Crippen LogP contribution in [-0.2, 0) is 0 Å². The molecule has 2 N–H and O–H groups in total. The summed E-state index contributed by atoms with van der Waals surface area (Å²) < 4.78 is 0. The van der Waals surface area contributed by atoms with Crippen molar-refractivity contribution in [3.8, 4) is 0 Å². The first-order chi connectivity index (χ1) is 6.31. The molecule has 1 saturated heterocycles. The number of rotatable bonds is 1. The van der Waals surface area contributed by atoms with Gasteiger partial charge in [0.1, 0.15) is 0 Å². The second-order valence-corrected chi connectivity index (χ2v) is 4.89. The summed E-state index contributed by atoms with van der Waals surface area (Å²) in [7, 11) is 0. The van der Waals surface area contributed by atoms with Crippen LogP contribution in [0.4, 0.5) is 0 Å². The summed E-state index contributed by atoms with van der Waals surface area (Å²) in [5.74, 6) is 0.907. The molecule has 1 heterocycles. The third kappa shape index (κ3) is 2.05. The van der Waals surface area contributed by atoms with Crippen molar-refractivity contribution in [3.05, 3.63) is 0 Å². The van der Waals surface area contributed by atoms with Gasteiger partial charge in [-0.3, -0.25) is 5.32 Å². The molecule has 1 atom stereocenters. The molecule has 0 amide bonds. The molecule has 2 aliphatic rings. The van der Waals surface area contributed by atoms with Crippen LogP contribution in [0.2, 0.25) is 0 Å². The van der Waals surface area contributed by atoms with Gasteiger partial charge in [0.05, 0.1) is 0 Å². The van der Waals surface area contributed by atoms with E-state index in [0.29, 0.717) is 5.54 Å².